The minimum atomic E-state index is -3.22. The van der Waals surface area contributed by atoms with Gasteiger partial charge in [-0.05, 0) is 37.1 Å². The van der Waals surface area contributed by atoms with Gasteiger partial charge in [-0.2, -0.15) is 4.52 Å². The van der Waals surface area contributed by atoms with Crippen molar-refractivity contribution in [1.82, 2.24) is 24.1 Å². The number of nitrogens with one attached hydrogen (secondary N) is 1. The van der Waals surface area contributed by atoms with E-state index in [2.05, 4.69) is 20.6 Å². The Kier molecular flexibility index (Phi) is 4.52. The molecule has 1 unspecified atom stereocenters. The zero-order valence-electron chi connectivity index (χ0n) is 14.7. The third-order valence-corrected chi connectivity index (χ3v) is 5.85. The molecule has 0 spiro atoms. The molecule has 1 aliphatic rings. The van der Waals surface area contributed by atoms with Gasteiger partial charge < -0.3 is 5.32 Å². The summed E-state index contributed by atoms with van der Waals surface area (Å²) in [5, 5.41) is 15.8. The fourth-order valence-electron chi connectivity index (χ4n) is 3.25. The Hall–Kier alpha value is -2.59. The number of piperidine rings is 1. The smallest absolute Gasteiger partial charge is 0.211 e. The molecule has 0 bridgehead atoms. The Morgan fingerprint density at radius 3 is 2.78 bits per heavy atom. The molecule has 8 nitrogen and oxygen atoms in total. The third kappa shape index (κ3) is 3.62. The van der Waals surface area contributed by atoms with E-state index in [-0.39, 0.29) is 6.04 Å². The lowest BCUT2D eigenvalue weighted by Gasteiger charge is -2.31. The number of aromatic nitrogens is 4. The highest BCUT2D eigenvalue weighted by atomic mass is 32.2. The maximum absolute atomic E-state index is 14.1. The van der Waals surface area contributed by atoms with Crippen molar-refractivity contribution in [3.05, 3.63) is 42.2 Å². The molecule has 4 rings (SSSR count). The fourth-order valence-corrected chi connectivity index (χ4v) is 4.16. The SMILES string of the molecule is CS(=O)(=O)N1CCCC(Nc2ccc3nnc(-c4ccccc4F)n3n2)C1. The Morgan fingerprint density at radius 1 is 1.19 bits per heavy atom. The van der Waals surface area contributed by atoms with Crippen molar-refractivity contribution in [3.63, 3.8) is 0 Å². The summed E-state index contributed by atoms with van der Waals surface area (Å²) in [4.78, 5) is 0. The first kappa shape index (κ1) is 17.8. The maximum atomic E-state index is 14.1. The van der Waals surface area contributed by atoms with Gasteiger partial charge in [0.05, 0.1) is 11.8 Å². The molecule has 0 amide bonds. The summed E-state index contributed by atoms with van der Waals surface area (Å²) < 4.78 is 40.6. The number of nitrogens with zero attached hydrogens (tertiary/aromatic N) is 5. The normalized spacial score (nSPS) is 18.7. The number of halogens is 1. The zero-order chi connectivity index (χ0) is 19.0. The van der Waals surface area contributed by atoms with Crippen LogP contribution in [0.4, 0.5) is 10.2 Å². The monoisotopic (exact) mass is 390 g/mol. The van der Waals surface area contributed by atoms with Crippen LogP contribution in [-0.2, 0) is 10.0 Å². The Morgan fingerprint density at radius 2 is 2.00 bits per heavy atom. The van der Waals surface area contributed by atoms with E-state index in [1.54, 1.807) is 30.3 Å². The average molecular weight is 390 g/mol. The van der Waals surface area contributed by atoms with Gasteiger partial charge in [-0.3, -0.25) is 0 Å². The molecule has 27 heavy (non-hydrogen) atoms. The summed E-state index contributed by atoms with van der Waals surface area (Å²) in [6, 6.07) is 9.77. The Labute approximate surface area is 156 Å². The lowest BCUT2D eigenvalue weighted by molar-refractivity contribution is 0.328. The van der Waals surface area contributed by atoms with Gasteiger partial charge in [-0.25, -0.2) is 17.1 Å². The molecule has 0 saturated carbocycles. The van der Waals surface area contributed by atoms with Gasteiger partial charge in [0.25, 0.3) is 0 Å². The van der Waals surface area contributed by atoms with Crippen molar-refractivity contribution in [3.8, 4) is 11.4 Å². The predicted molar refractivity (Wildman–Crippen MR) is 99.2 cm³/mol. The van der Waals surface area contributed by atoms with E-state index in [9.17, 15) is 12.8 Å². The number of hydrogen-bond acceptors (Lipinski definition) is 6. The van der Waals surface area contributed by atoms with Gasteiger partial charge in [-0.1, -0.05) is 12.1 Å². The Balaban J connectivity index is 1.62. The van der Waals surface area contributed by atoms with Gasteiger partial charge in [-0.15, -0.1) is 15.3 Å². The van der Waals surface area contributed by atoms with Crippen molar-refractivity contribution in [2.75, 3.05) is 24.7 Å². The Bertz CT molecular complexity index is 1080. The van der Waals surface area contributed by atoms with Gasteiger partial charge in [0, 0.05) is 19.1 Å². The van der Waals surface area contributed by atoms with Gasteiger partial charge >= 0.3 is 0 Å². The molecule has 1 aliphatic heterocycles. The van der Waals surface area contributed by atoms with Crippen LogP contribution in [0.25, 0.3) is 17.0 Å². The van der Waals surface area contributed by atoms with Crippen molar-refractivity contribution in [2.45, 2.75) is 18.9 Å². The molecular weight excluding hydrogens is 371 g/mol. The topological polar surface area (TPSA) is 92.5 Å². The fraction of sp³-hybridized carbons (Fsp3) is 0.353. The second-order valence-corrected chi connectivity index (χ2v) is 8.58. The minimum absolute atomic E-state index is 0.0492. The first-order valence-electron chi connectivity index (χ1n) is 8.61. The molecule has 0 radical (unpaired) electrons. The molecule has 2 aromatic heterocycles. The highest BCUT2D eigenvalue weighted by Crippen LogP contribution is 2.22. The number of sulfonamides is 1. The van der Waals surface area contributed by atoms with Crippen LogP contribution in [0.2, 0.25) is 0 Å². The second-order valence-electron chi connectivity index (χ2n) is 6.60. The molecule has 1 fully saturated rings. The molecule has 1 N–H and O–H groups in total. The third-order valence-electron chi connectivity index (χ3n) is 4.58. The first-order chi connectivity index (χ1) is 12.9. The van der Waals surface area contributed by atoms with Crippen LogP contribution in [-0.4, -0.2) is 57.9 Å². The zero-order valence-corrected chi connectivity index (χ0v) is 15.5. The largest absolute Gasteiger partial charge is 0.365 e. The van der Waals surface area contributed by atoms with Crippen molar-refractivity contribution in [1.29, 1.82) is 0 Å². The number of benzene rings is 1. The van der Waals surface area contributed by atoms with E-state index < -0.39 is 15.8 Å². The van der Waals surface area contributed by atoms with Gasteiger partial charge in [0.1, 0.15) is 11.6 Å². The molecule has 1 aromatic carbocycles. The van der Waals surface area contributed by atoms with Crippen molar-refractivity contribution >= 4 is 21.5 Å². The molecule has 3 aromatic rings. The van der Waals surface area contributed by atoms with E-state index in [1.165, 1.54) is 21.1 Å². The summed E-state index contributed by atoms with van der Waals surface area (Å²) >= 11 is 0. The lowest BCUT2D eigenvalue weighted by Crippen LogP contribution is -2.44. The maximum Gasteiger partial charge on any atom is 0.211 e. The van der Waals surface area contributed by atoms with Crippen molar-refractivity contribution < 1.29 is 12.8 Å². The van der Waals surface area contributed by atoms with E-state index in [0.717, 1.165) is 12.8 Å². The van der Waals surface area contributed by atoms with Crippen LogP contribution in [0.1, 0.15) is 12.8 Å². The quantitative estimate of drug-likeness (QED) is 0.730. The van der Waals surface area contributed by atoms with Crippen molar-refractivity contribution in [2.24, 2.45) is 0 Å². The van der Waals surface area contributed by atoms with Crippen LogP contribution < -0.4 is 5.32 Å². The molecule has 1 saturated heterocycles. The summed E-state index contributed by atoms with van der Waals surface area (Å²) in [7, 11) is -3.22. The molecule has 0 aliphatic carbocycles. The average Bonchev–Trinajstić information content (AvgIpc) is 3.05. The van der Waals surface area contributed by atoms with E-state index >= 15 is 0 Å². The lowest BCUT2D eigenvalue weighted by atomic mass is 10.1. The summed E-state index contributed by atoms with van der Waals surface area (Å²) in [5.41, 5.74) is 0.816. The molecular formula is C17H19FN6O2S. The summed E-state index contributed by atoms with van der Waals surface area (Å²) in [6.45, 7) is 0.924. The second kappa shape index (κ2) is 6.86. The van der Waals surface area contributed by atoms with Crippen LogP contribution >= 0.6 is 0 Å². The van der Waals surface area contributed by atoms with Crippen LogP contribution in [0.3, 0.4) is 0 Å². The molecule has 3 heterocycles. The van der Waals surface area contributed by atoms with Gasteiger partial charge in [0.2, 0.25) is 10.0 Å². The first-order valence-corrected chi connectivity index (χ1v) is 10.5. The van der Waals surface area contributed by atoms with Crippen LogP contribution in [0, 0.1) is 5.82 Å². The van der Waals surface area contributed by atoms with E-state index in [1.807, 2.05) is 0 Å². The van der Waals surface area contributed by atoms with E-state index in [4.69, 9.17) is 0 Å². The number of hydrogen-bond donors (Lipinski definition) is 1. The standard InChI is InChI=1S/C17H19FN6O2S/c1-27(25,26)23-10-4-5-12(11-23)19-15-8-9-16-20-21-17(24(16)22-15)13-6-2-3-7-14(13)18/h2-3,6-9,12H,4-5,10-11H2,1H3,(H,19,22). The number of fused-ring (bicyclic) bond motifs is 1. The van der Waals surface area contributed by atoms with Crippen LogP contribution in [0.15, 0.2) is 36.4 Å². The number of anilines is 1. The minimum Gasteiger partial charge on any atom is -0.365 e. The predicted octanol–water partition coefficient (Wildman–Crippen LogP) is 1.77. The highest BCUT2D eigenvalue weighted by Gasteiger charge is 2.26. The summed E-state index contributed by atoms with van der Waals surface area (Å²) in [5.74, 6) is 0.469. The molecule has 10 heteroatoms. The number of rotatable bonds is 4. The summed E-state index contributed by atoms with van der Waals surface area (Å²) in [6.07, 6.45) is 2.84. The highest BCUT2D eigenvalue weighted by molar-refractivity contribution is 7.88. The molecule has 1 atom stereocenters. The van der Waals surface area contributed by atoms with E-state index in [0.29, 0.717) is 35.9 Å². The van der Waals surface area contributed by atoms with Crippen LogP contribution in [0.5, 0.6) is 0 Å². The van der Waals surface area contributed by atoms with Gasteiger partial charge in [0.15, 0.2) is 11.5 Å². The molecule has 142 valence electrons.